The summed E-state index contributed by atoms with van der Waals surface area (Å²) in [6.07, 6.45) is 5.34. The van der Waals surface area contributed by atoms with E-state index in [0.29, 0.717) is 23.7 Å². The normalized spacial score (nSPS) is 58.8. The van der Waals surface area contributed by atoms with Gasteiger partial charge in [0.25, 0.3) is 0 Å². The molecular weight excluding hydrogens is 140 g/mol. The third-order valence-electron chi connectivity index (χ3n) is 3.48. The average Bonchev–Trinajstić information content (AvgIpc) is 2.60. The van der Waals surface area contributed by atoms with Gasteiger partial charge in [0, 0.05) is 5.92 Å². The molecule has 0 aromatic heterocycles. The molecule has 2 fully saturated rings. The number of hydrogen-bond donors (Lipinski definition) is 1. The van der Waals surface area contributed by atoms with Crippen molar-refractivity contribution < 1.29 is 9.84 Å². The van der Waals surface area contributed by atoms with E-state index in [1.54, 1.807) is 0 Å². The third kappa shape index (κ3) is 0.644. The molecule has 1 aliphatic heterocycles. The van der Waals surface area contributed by atoms with E-state index in [9.17, 15) is 5.11 Å². The van der Waals surface area contributed by atoms with E-state index in [1.165, 1.54) is 6.42 Å². The van der Waals surface area contributed by atoms with Gasteiger partial charge in [-0.15, -0.1) is 0 Å². The lowest BCUT2D eigenvalue weighted by molar-refractivity contribution is -0.0885. The van der Waals surface area contributed by atoms with Crippen LogP contribution in [0.4, 0.5) is 0 Å². The minimum atomic E-state index is -0.472. The van der Waals surface area contributed by atoms with Gasteiger partial charge in [-0.25, -0.2) is 0 Å². The molecule has 1 heterocycles. The first-order valence-corrected chi connectivity index (χ1v) is 4.34. The fraction of sp³-hybridized carbons (Fsp3) is 0.778. The molecule has 0 spiro atoms. The minimum absolute atomic E-state index is 0.421. The Morgan fingerprint density at radius 2 is 2.09 bits per heavy atom. The van der Waals surface area contributed by atoms with Crippen LogP contribution >= 0.6 is 0 Å². The average molecular weight is 152 g/mol. The molecule has 0 aromatic rings. The summed E-state index contributed by atoms with van der Waals surface area (Å²) < 4.78 is 5.22. The fourth-order valence-electron chi connectivity index (χ4n) is 2.94. The standard InChI is InChI=1S/C9H12O2/c10-9-8-6-2-1-5(3-6)7(8)4-11-9/h1-2,5-10H,3-4H2. The first kappa shape index (κ1) is 6.21. The predicted molar refractivity (Wildman–Crippen MR) is 39.7 cm³/mol. The lowest BCUT2D eigenvalue weighted by Crippen LogP contribution is -2.23. The lowest BCUT2D eigenvalue weighted by Gasteiger charge is -2.19. The summed E-state index contributed by atoms with van der Waals surface area (Å²) >= 11 is 0. The van der Waals surface area contributed by atoms with Crippen LogP contribution < -0.4 is 0 Å². The largest absolute Gasteiger partial charge is 0.368 e. The van der Waals surface area contributed by atoms with Crippen LogP contribution in [-0.2, 0) is 4.74 Å². The summed E-state index contributed by atoms with van der Waals surface area (Å²) in [4.78, 5) is 0. The predicted octanol–water partition coefficient (Wildman–Crippen LogP) is 0.773. The summed E-state index contributed by atoms with van der Waals surface area (Å²) in [7, 11) is 0. The van der Waals surface area contributed by atoms with Crippen molar-refractivity contribution in [2.45, 2.75) is 12.7 Å². The van der Waals surface area contributed by atoms with E-state index >= 15 is 0 Å². The Kier molecular flexibility index (Phi) is 1.06. The topological polar surface area (TPSA) is 29.5 Å². The maximum atomic E-state index is 9.47. The van der Waals surface area contributed by atoms with Crippen molar-refractivity contribution in [1.82, 2.24) is 0 Å². The summed E-state index contributed by atoms with van der Waals surface area (Å²) in [5.74, 6) is 2.37. The fourth-order valence-corrected chi connectivity index (χ4v) is 2.94. The van der Waals surface area contributed by atoms with E-state index < -0.39 is 6.29 Å². The van der Waals surface area contributed by atoms with Crippen molar-refractivity contribution in [3.8, 4) is 0 Å². The second-order valence-electron chi connectivity index (χ2n) is 3.91. The summed E-state index contributed by atoms with van der Waals surface area (Å²) in [6.45, 7) is 0.775. The van der Waals surface area contributed by atoms with Gasteiger partial charge in [0.1, 0.15) is 0 Å². The first-order valence-electron chi connectivity index (χ1n) is 4.34. The Labute approximate surface area is 65.9 Å². The van der Waals surface area contributed by atoms with Crippen LogP contribution in [0.2, 0.25) is 0 Å². The van der Waals surface area contributed by atoms with E-state index in [-0.39, 0.29) is 0 Å². The monoisotopic (exact) mass is 152 g/mol. The molecule has 0 radical (unpaired) electrons. The number of allylic oxidation sites excluding steroid dienone is 2. The number of hydrogen-bond acceptors (Lipinski definition) is 2. The number of aliphatic hydroxyl groups is 1. The van der Waals surface area contributed by atoms with Crippen molar-refractivity contribution in [3.05, 3.63) is 12.2 Å². The van der Waals surface area contributed by atoms with Gasteiger partial charge in [0.2, 0.25) is 0 Å². The van der Waals surface area contributed by atoms with Gasteiger partial charge in [-0.2, -0.15) is 0 Å². The molecule has 1 saturated carbocycles. The van der Waals surface area contributed by atoms with Crippen molar-refractivity contribution in [3.63, 3.8) is 0 Å². The Hall–Kier alpha value is -0.340. The molecule has 60 valence electrons. The quantitative estimate of drug-likeness (QED) is 0.519. The molecule has 0 aromatic carbocycles. The third-order valence-corrected chi connectivity index (χ3v) is 3.48. The zero-order valence-corrected chi connectivity index (χ0v) is 6.31. The van der Waals surface area contributed by atoms with E-state index in [0.717, 1.165) is 6.61 Å². The molecule has 2 bridgehead atoms. The summed E-state index contributed by atoms with van der Waals surface area (Å²) in [5, 5.41) is 9.47. The maximum Gasteiger partial charge on any atom is 0.158 e. The van der Waals surface area contributed by atoms with E-state index in [1.807, 2.05) is 0 Å². The molecule has 2 nitrogen and oxygen atoms in total. The molecule has 3 aliphatic rings. The molecule has 1 saturated heterocycles. The maximum absolute atomic E-state index is 9.47. The molecule has 5 unspecified atom stereocenters. The van der Waals surface area contributed by atoms with Crippen molar-refractivity contribution >= 4 is 0 Å². The van der Waals surface area contributed by atoms with Crippen LogP contribution in [0.3, 0.4) is 0 Å². The highest BCUT2D eigenvalue weighted by atomic mass is 16.6. The van der Waals surface area contributed by atoms with E-state index in [4.69, 9.17) is 4.74 Å². The highest BCUT2D eigenvalue weighted by Crippen LogP contribution is 2.52. The molecule has 2 aliphatic carbocycles. The van der Waals surface area contributed by atoms with Crippen molar-refractivity contribution in [1.29, 1.82) is 0 Å². The second kappa shape index (κ2) is 1.87. The highest BCUT2D eigenvalue weighted by Gasteiger charge is 2.51. The summed E-state index contributed by atoms with van der Waals surface area (Å²) in [6, 6.07) is 0. The van der Waals surface area contributed by atoms with Crippen LogP contribution in [0.5, 0.6) is 0 Å². The van der Waals surface area contributed by atoms with Crippen molar-refractivity contribution in [2.24, 2.45) is 23.7 Å². The molecular formula is C9H12O2. The van der Waals surface area contributed by atoms with Gasteiger partial charge >= 0.3 is 0 Å². The van der Waals surface area contributed by atoms with Gasteiger partial charge in [-0.05, 0) is 24.2 Å². The molecule has 5 atom stereocenters. The van der Waals surface area contributed by atoms with Gasteiger partial charge in [-0.3, -0.25) is 0 Å². The zero-order valence-electron chi connectivity index (χ0n) is 6.31. The van der Waals surface area contributed by atoms with Crippen LogP contribution in [0.15, 0.2) is 12.2 Å². The Balaban J connectivity index is 1.97. The van der Waals surface area contributed by atoms with Crippen LogP contribution in [0, 0.1) is 23.7 Å². The Bertz CT molecular complexity index is 212. The highest BCUT2D eigenvalue weighted by molar-refractivity contribution is 5.15. The minimum Gasteiger partial charge on any atom is -0.368 e. The SMILES string of the molecule is OC1OCC2C3C=CC(C3)C12. The second-order valence-corrected chi connectivity index (χ2v) is 3.91. The van der Waals surface area contributed by atoms with Crippen LogP contribution in [0.25, 0.3) is 0 Å². The molecule has 3 rings (SSSR count). The Morgan fingerprint density at radius 3 is 2.91 bits per heavy atom. The molecule has 1 N–H and O–H groups in total. The molecule has 0 amide bonds. The number of fused-ring (bicyclic) bond motifs is 5. The number of ether oxygens (including phenoxy) is 1. The molecule has 2 heteroatoms. The number of rotatable bonds is 0. The van der Waals surface area contributed by atoms with Crippen molar-refractivity contribution in [2.75, 3.05) is 6.61 Å². The smallest absolute Gasteiger partial charge is 0.158 e. The first-order chi connectivity index (χ1) is 5.36. The lowest BCUT2D eigenvalue weighted by atomic mass is 9.85. The van der Waals surface area contributed by atoms with Gasteiger partial charge in [0.05, 0.1) is 6.61 Å². The van der Waals surface area contributed by atoms with Gasteiger partial charge in [0.15, 0.2) is 6.29 Å². The van der Waals surface area contributed by atoms with Gasteiger partial charge < -0.3 is 9.84 Å². The molecule has 11 heavy (non-hydrogen) atoms. The van der Waals surface area contributed by atoms with Crippen LogP contribution in [0.1, 0.15) is 6.42 Å². The van der Waals surface area contributed by atoms with Crippen LogP contribution in [-0.4, -0.2) is 18.0 Å². The van der Waals surface area contributed by atoms with E-state index in [2.05, 4.69) is 12.2 Å². The van der Waals surface area contributed by atoms with Gasteiger partial charge in [-0.1, -0.05) is 12.2 Å². The Morgan fingerprint density at radius 1 is 1.27 bits per heavy atom. The summed E-state index contributed by atoms with van der Waals surface area (Å²) in [5.41, 5.74) is 0. The number of aliphatic hydroxyl groups excluding tert-OH is 1. The zero-order chi connectivity index (χ0) is 7.42.